The van der Waals surface area contributed by atoms with Gasteiger partial charge in [-0.3, -0.25) is 14.6 Å². The van der Waals surface area contributed by atoms with Crippen LogP contribution in [0.2, 0.25) is 0 Å². The van der Waals surface area contributed by atoms with Gasteiger partial charge >= 0.3 is 5.97 Å². The number of likely N-dealkylation sites (N-methyl/N-ethyl adjacent to an activating group) is 1. The van der Waals surface area contributed by atoms with E-state index in [4.69, 9.17) is 4.74 Å². The lowest BCUT2D eigenvalue weighted by Crippen LogP contribution is -2.36. The maximum Gasteiger partial charge on any atom is 0.302 e. The number of hydrogen-bond acceptors (Lipinski definition) is 4. The molecule has 0 aliphatic heterocycles. The fourth-order valence-corrected chi connectivity index (χ4v) is 2.45. The van der Waals surface area contributed by atoms with E-state index in [1.165, 1.54) is 6.92 Å². The maximum absolute atomic E-state index is 13.0. The van der Waals surface area contributed by atoms with E-state index < -0.39 is 11.9 Å². The van der Waals surface area contributed by atoms with Crippen LogP contribution in [-0.4, -0.2) is 34.9 Å². The summed E-state index contributed by atoms with van der Waals surface area (Å²) in [5.74, 6) is -0.981. The number of benzene rings is 1. The second-order valence-electron chi connectivity index (χ2n) is 5.44. The number of ether oxygens (including phenoxy) is 1. The highest BCUT2D eigenvalue weighted by molar-refractivity contribution is 5.84. The minimum atomic E-state index is -0.515. The minimum absolute atomic E-state index is 0.0386. The molecule has 1 amide bonds. The van der Waals surface area contributed by atoms with Crippen molar-refractivity contribution in [3.63, 3.8) is 0 Å². The van der Waals surface area contributed by atoms with E-state index in [2.05, 4.69) is 4.98 Å². The Bertz CT molecular complexity index is 659. The molecule has 5 heteroatoms. The number of esters is 1. The molecular formula is C19H22N2O3. The predicted octanol–water partition coefficient (Wildman–Crippen LogP) is 2.78. The van der Waals surface area contributed by atoms with Gasteiger partial charge in [0.25, 0.3) is 0 Å². The van der Waals surface area contributed by atoms with Crippen LogP contribution in [0.3, 0.4) is 0 Å². The number of nitrogens with zero attached hydrogens (tertiary/aromatic N) is 2. The van der Waals surface area contributed by atoms with Gasteiger partial charge in [0, 0.05) is 19.7 Å². The Kier molecular flexibility index (Phi) is 6.49. The van der Waals surface area contributed by atoms with Gasteiger partial charge in [-0.25, -0.2) is 0 Å². The number of rotatable bonds is 7. The first-order chi connectivity index (χ1) is 11.6. The largest absolute Gasteiger partial charge is 0.465 e. The van der Waals surface area contributed by atoms with Crippen molar-refractivity contribution < 1.29 is 14.3 Å². The summed E-state index contributed by atoms with van der Waals surface area (Å²) in [5.41, 5.74) is 1.66. The van der Waals surface area contributed by atoms with Gasteiger partial charge in [-0.2, -0.15) is 0 Å². The molecule has 0 spiro atoms. The van der Waals surface area contributed by atoms with Gasteiger partial charge in [0.2, 0.25) is 5.91 Å². The highest BCUT2D eigenvalue weighted by Gasteiger charge is 2.26. The lowest BCUT2D eigenvalue weighted by atomic mass is 9.98. The molecule has 0 N–H and O–H groups in total. The van der Waals surface area contributed by atoms with Crippen molar-refractivity contribution in [2.24, 2.45) is 0 Å². The smallest absolute Gasteiger partial charge is 0.302 e. The number of pyridine rings is 1. The first-order valence-corrected chi connectivity index (χ1v) is 7.98. The molecule has 5 nitrogen and oxygen atoms in total. The van der Waals surface area contributed by atoms with E-state index in [-0.39, 0.29) is 12.5 Å². The highest BCUT2D eigenvalue weighted by Crippen LogP contribution is 2.20. The lowest BCUT2D eigenvalue weighted by Gasteiger charge is -2.26. The average molecular weight is 326 g/mol. The first-order valence-electron chi connectivity index (χ1n) is 7.98. The number of hydrogen-bond donors (Lipinski definition) is 0. The molecule has 1 unspecified atom stereocenters. The van der Waals surface area contributed by atoms with Crippen LogP contribution in [0.15, 0.2) is 54.7 Å². The number of carbonyl (C=O) groups excluding carboxylic acids is 2. The molecule has 1 aromatic heterocycles. The standard InChI is InChI=1S/C19H22N2O3/c1-3-21(13-17-11-7-8-12-20-17)19(23)18(14-24-15(2)22)16-9-5-4-6-10-16/h4-12,18H,3,13-14H2,1-2H3. The number of amides is 1. The monoisotopic (exact) mass is 326 g/mol. The molecule has 0 fully saturated rings. The van der Waals surface area contributed by atoms with Gasteiger partial charge in [-0.05, 0) is 24.6 Å². The molecule has 0 saturated carbocycles. The number of carbonyl (C=O) groups is 2. The molecule has 2 rings (SSSR count). The van der Waals surface area contributed by atoms with E-state index in [9.17, 15) is 9.59 Å². The first kappa shape index (κ1) is 17.7. The topological polar surface area (TPSA) is 59.5 Å². The second-order valence-corrected chi connectivity index (χ2v) is 5.44. The Labute approximate surface area is 142 Å². The van der Waals surface area contributed by atoms with Gasteiger partial charge in [0.1, 0.15) is 6.61 Å². The van der Waals surface area contributed by atoms with E-state index >= 15 is 0 Å². The zero-order chi connectivity index (χ0) is 17.4. The molecule has 1 aromatic carbocycles. The Morgan fingerprint density at radius 1 is 1.12 bits per heavy atom. The zero-order valence-corrected chi connectivity index (χ0v) is 14.0. The van der Waals surface area contributed by atoms with Gasteiger partial charge in [0.05, 0.1) is 18.2 Å². The zero-order valence-electron chi connectivity index (χ0n) is 14.0. The van der Waals surface area contributed by atoms with Crippen LogP contribution in [0.4, 0.5) is 0 Å². The van der Waals surface area contributed by atoms with Crippen molar-refractivity contribution in [3.05, 3.63) is 66.0 Å². The molecule has 0 aliphatic rings. The predicted molar refractivity (Wildman–Crippen MR) is 91.1 cm³/mol. The Morgan fingerprint density at radius 3 is 2.42 bits per heavy atom. The Balaban J connectivity index is 2.19. The number of aromatic nitrogens is 1. The summed E-state index contributed by atoms with van der Waals surface area (Å²) in [7, 11) is 0. The third-order valence-corrected chi connectivity index (χ3v) is 3.73. The quantitative estimate of drug-likeness (QED) is 0.734. The van der Waals surface area contributed by atoms with E-state index in [1.54, 1.807) is 11.1 Å². The third kappa shape index (κ3) is 4.91. The Hall–Kier alpha value is -2.69. The van der Waals surface area contributed by atoms with Crippen molar-refractivity contribution in [1.29, 1.82) is 0 Å². The maximum atomic E-state index is 13.0. The van der Waals surface area contributed by atoms with Crippen LogP contribution in [0, 0.1) is 0 Å². The Morgan fingerprint density at radius 2 is 1.83 bits per heavy atom. The van der Waals surface area contributed by atoms with Crippen molar-refractivity contribution in [2.45, 2.75) is 26.3 Å². The van der Waals surface area contributed by atoms with Crippen molar-refractivity contribution in [3.8, 4) is 0 Å². The summed E-state index contributed by atoms with van der Waals surface area (Å²) in [5, 5.41) is 0. The molecule has 0 bridgehead atoms. The molecule has 1 atom stereocenters. The van der Waals surface area contributed by atoms with E-state index in [1.807, 2.05) is 55.5 Å². The van der Waals surface area contributed by atoms with Gasteiger partial charge in [0.15, 0.2) is 0 Å². The molecule has 0 radical (unpaired) electrons. The third-order valence-electron chi connectivity index (χ3n) is 3.73. The van der Waals surface area contributed by atoms with Crippen LogP contribution < -0.4 is 0 Å². The van der Waals surface area contributed by atoms with Crippen LogP contribution in [0.1, 0.15) is 31.0 Å². The molecule has 1 heterocycles. The van der Waals surface area contributed by atoms with Crippen LogP contribution >= 0.6 is 0 Å². The van der Waals surface area contributed by atoms with Crippen LogP contribution in [-0.2, 0) is 20.9 Å². The second kappa shape index (κ2) is 8.82. The van der Waals surface area contributed by atoms with E-state index in [0.717, 1.165) is 11.3 Å². The van der Waals surface area contributed by atoms with Crippen molar-refractivity contribution in [1.82, 2.24) is 9.88 Å². The van der Waals surface area contributed by atoms with Crippen LogP contribution in [0.25, 0.3) is 0 Å². The summed E-state index contributed by atoms with van der Waals surface area (Å²) in [6.07, 6.45) is 1.71. The van der Waals surface area contributed by atoms with Crippen molar-refractivity contribution in [2.75, 3.05) is 13.2 Å². The SMILES string of the molecule is CCN(Cc1ccccn1)C(=O)C(COC(C)=O)c1ccccc1. The van der Waals surface area contributed by atoms with Crippen LogP contribution in [0.5, 0.6) is 0 Å². The normalized spacial score (nSPS) is 11.6. The van der Waals surface area contributed by atoms with Crippen molar-refractivity contribution >= 4 is 11.9 Å². The molecule has 2 aromatic rings. The molecule has 0 saturated heterocycles. The van der Waals surface area contributed by atoms with Gasteiger partial charge < -0.3 is 9.64 Å². The molecule has 0 aliphatic carbocycles. The van der Waals surface area contributed by atoms with Gasteiger partial charge in [-0.15, -0.1) is 0 Å². The fraction of sp³-hybridized carbons (Fsp3) is 0.316. The summed E-state index contributed by atoms with van der Waals surface area (Å²) in [4.78, 5) is 30.2. The summed E-state index contributed by atoms with van der Waals surface area (Å²) >= 11 is 0. The highest BCUT2D eigenvalue weighted by atomic mass is 16.5. The molecule has 24 heavy (non-hydrogen) atoms. The fourth-order valence-electron chi connectivity index (χ4n) is 2.45. The summed E-state index contributed by atoms with van der Waals surface area (Å²) < 4.78 is 5.12. The lowest BCUT2D eigenvalue weighted by molar-refractivity contribution is -0.144. The molecule has 126 valence electrons. The van der Waals surface area contributed by atoms with Gasteiger partial charge in [-0.1, -0.05) is 36.4 Å². The summed E-state index contributed by atoms with van der Waals surface area (Å²) in [6.45, 7) is 4.29. The average Bonchev–Trinajstić information content (AvgIpc) is 2.61. The minimum Gasteiger partial charge on any atom is -0.465 e. The van der Waals surface area contributed by atoms with E-state index in [0.29, 0.717) is 13.1 Å². The summed E-state index contributed by atoms with van der Waals surface area (Å²) in [6, 6.07) is 15.0. The molecular weight excluding hydrogens is 304 g/mol.